The zero-order valence-corrected chi connectivity index (χ0v) is 25.6. The quantitative estimate of drug-likeness (QED) is 0.0505. The van der Waals surface area contributed by atoms with E-state index < -0.39 is 17.7 Å². The maximum atomic E-state index is 13.2. The highest BCUT2D eigenvalue weighted by Crippen LogP contribution is 2.31. The highest BCUT2D eigenvalue weighted by atomic mass is 35.5. The van der Waals surface area contributed by atoms with Crippen LogP contribution in [0.1, 0.15) is 19.3 Å². The number of hydrogen-bond acceptors (Lipinski definition) is 7. The minimum atomic E-state index is -0.801. The van der Waals surface area contributed by atoms with Crippen LogP contribution in [-0.4, -0.2) is 78.4 Å². The molecule has 1 aliphatic heterocycles. The number of carbonyl (C=O) groups is 3. The largest absolute Gasteiger partial charge is 0.503 e. The Bertz CT molecular complexity index is 1260. The molecule has 1 unspecified atom stereocenters. The molecule has 2 aromatic carbocycles. The minimum absolute atomic E-state index is 0.126. The van der Waals surface area contributed by atoms with Gasteiger partial charge in [0.05, 0.1) is 23.9 Å². The van der Waals surface area contributed by atoms with Crippen molar-refractivity contribution in [1.82, 2.24) is 15.5 Å². The zero-order chi connectivity index (χ0) is 29.6. The maximum Gasteiger partial charge on any atom is 0.313 e. The van der Waals surface area contributed by atoms with Gasteiger partial charge in [-0.2, -0.15) is 4.99 Å². The van der Waals surface area contributed by atoms with Crippen molar-refractivity contribution in [2.24, 2.45) is 4.99 Å². The van der Waals surface area contributed by atoms with Crippen LogP contribution in [0.2, 0.25) is 10.0 Å². The predicted molar refractivity (Wildman–Crippen MR) is 165 cm³/mol. The van der Waals surface area contributed by atoms with Gasteiger partial charge in [0.2, 0.25) is 12.3 Å². The number of amides is 3. The number of rotatable bonds is 14. The number of benzene rings is 2. The van der Waals surface area contributed by atoms with Gasteiger partial charge < -0.3 is 25.4 Å². The number of halogens is 2. The molecule has 0 bridgehead atoms. The molecule has 3 rings (SSSR count). The summed E-state index contributed by atoms with van der Waals surface area (Å²) in [6, 6.07) is 12.2. The SMILES string of the molecule is COc1ccc(SCC/C=C(\O)C(=O)/N=C(\NCCNC=O)C2CCCN2C(=O)CSc2cc(Cl)ccc2Cl)cc1. The molecule has 1 aliphatic rings. The first-order valence-corrected chi connectivity index (χ1v) is 15.6. The molecule has 0 spiro atoms. The van der Waals surface area contributed by atoms with Crippen LogP contribution in [0.25, 0.3) is 0 Å². The summed E-state index contributed by atoms with van der Waals surface area (Å²) in [6.45, 7) is 1.09. The molecule has 0 aliphatic carbocycles. The van der Waals surface area contributed by atoms with Gasteiger partial charge in [-0.15, -0.1) is 23.5 Å². The fourth-order valence-electron chi connectivity index (χ4n) is 4.01. The standard InChI is InChI=1S/C28H32Cl2N4O5S2/c1-39-20-7-9-21(10-8-20)40-15-3-5-24(36)28(38)33-27(32-13-12-31-18-35)23-4-2-14-34(23)26(37)17-41-25-16-19(29)6-11-22(25)30/h5-11,16,18,23,36H,2-4,12-15,17H2,1H3,(H,31,35)(H,32,33,38)/b24-5-. The van der Waals surface area contributed by atoms with Crippen molar-refractivity contribution >= 4 is 70.8 Å². The first kappa shape index (κ1) is 32.7. The van der Waals surface area contributed by atoms with E-state index in [-0.39, 0.29) is 17.5 Å². The normalized spacial score (nSPS) is 15.5. The first-order chi connectivity index (χ1) is 19.8. The number of methoxy groups -OCH3 is 1. The van der Waals surface area contributed by atoms with Crippen molar-refractivity contribution in [3.8, 4) is 5.75 Å². The van der Waals surface area contributed by atoms with Gasteiger partial charge in [0.1, 0.15) is 11.6 Å². The number of nitrogens with one attached hydrogen (secondary N) is 2. The van der Waals surface area contributed by atoms with Crippen LogP contribution in [0.4, 0.5) is 0 Å². The van der Waals surface area contributed by atoms with Gasteiger partial charge in [0, 0.05) is 40.2 Å². The summed E-state index contributed by atoms with van der Waals surface area (Å²) in [5.41, 5.74) is 0. The number of amidine groups is 1. The third kappa shape index (κ3) is 10.5. The third-order valence-electron chi connectivity index (χ3n) is 6.02. The Morgan fingerprint density at radius 1 is 1.17 bits per heavy atom. The number of carbonyl (C=O) groups excluding carboxylic acids is 3. The van der Waals surface area contributed by atoms with Crippen LogP contribution < -0.4 is 15.4 Å². The molecule has 1 atom stereocenters. The second-order valence-electron chi connectivity index (χ2n) is 8.81. The van der Waals surface area contributed by atoms with E-state index in [1.807, 2.05) is 24.3 Å². The Morgan fingerprint density at radius 3 is 2.68 bits per heavy atom. The van der Waals surface area contributed by atoms with Gasteiger partial charge in [-0.25, -0.2) is 0 Å². The highest BCUT2D eigenvalue weighted by molar-refractivity contribution is 8.00. The number of likely N-dealkylation sites (tertiary alicyclic amines) is 1. The van der Waals surface area contributed by atoms with Gasteiger partial charge in [0.25, 0.3) is 0 Å². The van der Waals surface area contributed by atoms with E-state index in [0.717, 1.165) is 17.1 Å². The van der Waals surface area contributed by atoms with Crippen LogP contribution in [0.5, 0.6) is 5.75 Å². The lowest BCUT2D eigenvalue weighted by atomic mass is 10.2. The molecule has 0 saturated carbocycles. The average Bonchev–Trinajstić information content (AvgIpc) is 3.47. The van der Waals surface area contributed by atoms with E-state index in [2.05, 4.69) is 15.6 Å². The van der Waals surface area contributed by atoms with Crippen molar-refractivity contribution in [3.05, 3.63) is 64.3 Å². The second kappa shape index (κ2) is 17.2. The highest BCUT2D eigenvalue weighted by Gasteiger charge is 2.33. The van der Waals surface area contributed by atoms with Crippen LogP contribution in [0.3, 0.4) is 0 Å². The van der Waals surface area contributed by atoms with Gasteiger partial charge in [-0.1, -0.05) is 23.2 Å². The molecule has 0 aromatic heterocycles. The third-order valence-corrected chi connectivity index (χ3v) is 8.78. The Labute approximate surface area is 258 Å². The molecule has 1 fully saturated rings. The molecule has 0 radical (unpaired) electrons. The topological polar surface area (TPSA) is 120 Å². The molecule has 3 amide bonds. The minimum Gasteiger partial charge on any atom is -0.503 e. The molecular weight excluding hydrogens is 607 g/mol. The summed E-state index contributed by atoms with van der Waals surface area (Å²) in [4.78, 5) is 44.2. The number of aliphatic hydroxyl groups is 1. The molecule has 9 nitrogen and oxygen atoms in total. The fourth-order valence-corrected chi connectivity index (χ4v) is 6.19. The van der Waals surface area contributed by atoms with Gasteiger partial charge in [0.15, 0.2) is 5.76 Å². The number of allylic oxidation sites excluding steroid dienone is 1. The van der Waals surface area contributed by atoms with E-state index >= 15 is 0 Å². The van der Waals surface area contributed by atoms with Crippen molar-refractivity contribution in [2.75, 3.05) is 38.2 Å². The monoisotopic (exact) mass is 638 g/mol. The van der Waals surface area contributed by atoms with E-state index in [1.54, 1.807) is 42.0 Å². The van der Waals surface area contributed by atoms with Crippen molar-refractivity contribution in [1.29, 1.82) is 0 Å². The van der Waals surface area contributed by atoms with Gasteiger partial charge in [-0.05, 0) is 67.8 Å². The van der Waals surface area contributed by atoms with Crippen LogP contribution in [-0.2, 0) is 14.4 Å². The summed E-state index contributed by atoms with van der Waals surface area (Å²) < 4.78 is 5.16. The molecule has 2 aromatic rings. The molecule has 3 N–H and O–H groups in total. The Hall–Kier alpha value is -2.86. The number of thioether (sulfide) groups is 2. The van der Waals surface area contributed by atoms with Crippen molar-refractivity contribution < 1.29 is 24.2 Å². The molecule has 220 valence electrons. The number of nitrogens with zero attached hydrogens (tertiary/aromatic N) is 2. The van der Waals surface area contributed by atoms with Crippen LogP contribution in [0.15, 0.2) is 69.1 Å². The molecule has 1 saturated heterocycles. The van der Waals surface area contributed by atoms with Crippen molar-refractivity contribution in [2.45, 2.75) is 35.1 Å². The lowest BCUT2D eigenvalue weighted by molar-refractivity contribution is -0.128. The number of aliphatic hydroxyl groups excluding tert-OH is 1. The van der Waals surface area contributed by atoms with E-state index in [0.29, 0.717) is 59.6 Å². The Morgan fingerprint density at radius 2 is 1.95 bits per heavy atom. The van der Waals surface area contributed by atoms with Crippen LogP contribution >= 0.6 is 46.7 Å². The average molecular weight is 640 g/mol. The Balaban J connectivity index is 1.64. The summed E-state index contributed by atoms with van der Waals surface area (Å²) in [6.07, 6.45) is 3.79. The smallest absolute Gasteiger partial charge is 0.313 e. The van der Waals surface area contributed by atoms with Gasteiger partial charge in [-0.3, -0.25) is 14.4 Å². The second-order valence-corrected chi connectivity index (χ2v) is 11.8. The molecule has 1 heterocycles. The number of hydrogen-bond donors (Lipinski definition) is 3. The van der Waals surface area contributed by atoms with E-state index in [4.69, 9.17) is 27.9 Å². The van der Waals surface area contributed by atoms with Gasteiger partial charge >= 0.3 is 5.91 Å². The molecule has 13 heteroatoms. The summed E-state index contributed by atoms with van der Waals surface area (Å²) >= 11 is 15.2. The Kier molecular flexibility index (Phi) is 13.7. The fraction of sp³-hybridized carbons (Fsp3) is 0.357. The lowest BCUT2D eigenvalue weighted by Gasteiger charge is -2.26. The maximum absolute atomic E-state index is 13.2. The van der Waals surface area contributed by atoms with Crippen LogP contribution in [0, 0.1) is 0 Å². The number of ether oxygens (including phenoxy) is 1. The van der Waals surface area contributed by atoms with E-state index in [9.17, 15) is 19.5 Å². The number of aliphatic imine (C=N–C) groups is 1. The summed E-state index contributed by atoms with van der Waals surface area (Å²) in [7, 11) is 1.61. The lowest BCUT2D eigenvalue weighted by Crippen LogP contribution is -2.48. The predicted octanol–water partition coefficient (Wildman–Crippen LogP) is 4.97. The van der Waals surface area contributed by atoms with Crippen molar-refractivity contribution in [3.63, 3.8) is 0 Å². The first-order valence-electron chi connectivity index (χ1n) is 12.9. The summed E-state index contributed by atoms with van der Waals surface area (Å²) in [5.74, 6) is 0.408. The summed E-state index contributed by atoms with van der Waals surface area (Å²) in [5, 5.41) is 17.1. The molecule has 41 heavy (non-hydrogen) atoms. The zero-order valence-electron chi connectivity index (χ0n) is 22.5. The molecular formula is C28H32Cl2N4O5S2. The van der Waals surface area contributed by atoms with E-state index in [1.165, 1.54) is 17.8 Å².